The highest BCUT2D eigenvalue weighted by atomic mass is 16.6. The van der Waals surface area contributed by atoms with Crippen LogP contribution in [0.3, 0.4) is 0 Å². The van der Waals surface area contributed by atoms with Gasteiger partial charge in [-0.1, -0.05) is 27.7 Å². The van der Waals surface area contributed by atoms with Gasteiger partial charge in [0.05, 0.1) is 17.3 Å². The van der Waals surface area contributed by atoms with Crippen molar-refractivity contribution in [2.45, 2.75) is 143 Å². The molecule has 33 heavy (non-hydrogen) atoms. The Labute approximate surface area is 203 Å². The van der Waals surface area contributed by atoms with Crippen molar-refractivity contribution in [3.05, 3.63) is 0 Å². The van der Waals surface area contributed by atoms with Crippen molar-refractivity contribution in [3.8, 4) is 0 Å². The minimum absolute atomic E-state index is 0.00808. The summed E-state index contributed by atoms with van der Waals surface area (Å²) in [6.45, 7) is 20.0. The van der Waals surface area contributed by atoms with Crippen molar-refractivity contribution >= 4 is 0 Å². The zero-order valence-electron chi connectivity index (χ0n) is 22.9. The monoisotopic (exact) mass is 460 g/mol. The van der Waals surface area contributed by atoms with Gasteiger partial charge in [0.2, 0.25) is 0 Å². The van der Waals surface area contributed by atoms with E-state index in [9.17, 15) is 5.11 Å². The molecule has 0 aromatic heterocycles. The quantitative estimate of drug-likeness (QED) is 0.410. The molecule has 0 amide bonds. The Morgan fingerprint density at radius 3 is 2.12 bits per heavy atom. The largest absolute Gasteiger partial charge is 0.396 e. The van der Waals surface area contributed by atoms with E-state index in [1.807, 2.05) is 0 Å². The fourth-order valence-corrected chi connectivity index (χ4v) is 10.5. The molecule has 3 heteroatoms. The van der Waals surface area contributed by atoms with Gasteiger partial charge in [0, 0.05) is 6.61 Å². The Bertz CT molecular complexity index is 775. The van der Waals surface area contributed by atoms with Gasteiger partial charge < -0.3 is 14.6 Å². The fraction of sp³-hybridized carbons (Fsp3) is 1.00. The summed E-state index contributed by atoms with van der Waals surface area (Å²) in [5, 5.41) is 9.71. The van der Waals surface area contributed by atoms with E-state index >= 15 is 0 Å². The SMILES string of the molecule is C[C@@H](CC[C@@H]1OC1(C)C)[C@@H]1CC[C@]2(C)[C@H]3CC[C@]4(OC4(C)C)[C@@H](CCCO)[C@]3(C)CC[C@@]12C. The van der Waals surface area contributed by atoms with E-state index in [1.54, 1.807) is 0 Å². The lowest BCUT2D eigenvalue weighted by Gasteiger charge is -2.65. The van der Waals surface area contributed by atoms with Crippen LogP contribution in [0, 0.1) is 39.9 Å². The molecule has 0 bridgehead atoms. The molecule has 5 aliphatic rings. The molecule has 3 saturated carbocycles. The second-order valence-corrected chi connectivity index (χ2v) is 14.8. The van der Waals surface area contributed by atoms with Crippen LogP contribution < -0.4 is 0 Å². The maximum atomic E-state index is 9.71. The number of rotatable bonds is 7. The molecule has 5 fully saturated rings. The standard InChI is InChI=1S/C30H52O3/c1-20(11-12-24-25(2,3)32-24)21-13-15-29(8)22-14-16-30(26(4,5)33-30)23(10-9-19-31)27(22,6)17-18-28(21,29)7/h20-24,31H,9-19H2,1-8H3/t20-,21-,22-,23-,24-,27+,28-,29+,30-/m0/s1. The van der Waals surface area contributed by atoms with Crippen LogP contribution in [0.4, 0.5) is 0 Å². The molecule has 2 heterocycles. The molecule has 2 aliphatic heterocycles. The second-order valence-electron chi connectivity index (χ2n) is 14.8. The Morgan fingerprint density at radius 2 is 1.55 bits per heavy atom. The predicted molar refractivity (Wildman–Crippen MR) is 134 cm³/mol. The molecule has 3 aliphatic carbocycles. The van der Waals surface area contributed by atoms with Gasteiger partial charge in [0.15, 0.2) is 0 Å². The summed E-state index contributed by atoms with van der Waals surface area (Å²) in [6, 6.07) is 0. The van der Waals surface area contributed by atoms with Crippen molar-refractivity contribution in [2.75, 3.05) is 6.61 Å². The number of ether oxygens (including phenoxy) is 2. The third-order valence-corrected chi connectivity index (χ3v) is 12.8. The lowest BCUT2D eigenvalue weighted by atomic mass is 9.39. The summed E-state index contributed by atoms with van der Waals surface area (Å²) < 4.78 is 12.5. The summed E-state index contributed by atoms with van der Waals surface area (Å²) in [4.78, 5) is 0. The minimum Gasteiger partial charge on any atom is -0.396 e. The van der Waals surface area contributed by atoms with Crippen molar-refractivity contribution in [1.29, 1.82) is 0 Å². The minimum atomic E-state index is 0.00808. The summed E-state index contributed by atoms with van der Waals surface area (Å²) in [5.74, 6) is 2.99. The van der Waals surface area contributed by atoms with E-state index in [0.29, 0.717) is 34.9 Å². The molecule has 0 unspecified atom stereocenters. The number of epoxide rings is 2. The molecule has 3 nitrogen and oxygen atoms in total. The smallest absolute Gasteiger partial charge is 0.101 e. The van der Waals surface area contributed by atoms with Gasteiger partial charge in [-0.15, -0.1) is 0 Å². The molecular formula is C30H52O3. The Balaban J connectivity index is 1.38. The van der Waals surface area contributed by atoms with Crippen LogP contribution in [-0.2, 0) is 9.47 Å². The maximum Gasteiger partial charge on any atom is 0.101 e. The summed E-state index contributed by atoms with van der Waals surface area (Å²) in [7, 11) is 0. The van der Waals surface area contributed by atoms with Crippen molar-refractivity contribution < 1.29 is 14.6 Å². The van der Waals surface area contributed by atoms with Crippen LogP contribution in [0.25, 0.3) is 0 Å². The van der Waals surface area contributed by atoms with Crippen LogP contribution >= 0.6 is 0 Å². The average Bonchev–Trinajstić information content (AvgIpc) is 3.47. The summed E-state index contributed by atoms with van der Waals surface area (Å²) in [6.07, 6.45) is 13.1. The van der Waals surface area contributed by atoms with Crippen molar-refractivity contribution in [2.24, 2.45) is 39.9 Å². The first-order valence-corrected chi connectivity index (χ1v) is 14.3. The summed E-state index contributed by atoms with van der Waals surface area (Å²) >= 11 is 0. The molecule has 2 saturated heterocycles. The lowest BCUT2D eigenvalue weighted by Crippen LogP contribution is -2.61. The first kappa shape index (κ1) is 24.6. The van der Waals surface area contributed by atoms with E-state index < -0.39 is 0 Å². The molecule has 9 atom stereocenters. The number of hydrogen-bond donors (Lipinski definition) is 1. The van der Waals surface area contributed by atoms with Gasteiger partial charge in [-0.25, -0.2) is 0 Å². The Kier molecular flexibility index (Phi) is 5.55. The zero-order valence-corrected chi connectivity index (χ0v) is 22.9. The van der Waals surface area contributed by atoms with Crippen LogP contribution in [0.5, 0.6) is 0 Å². The number of fused-ring (bicyclic) bond motifs is 3. The third-order valence-electron chi connectivity index (χ3n) is 12.8. The fourth-order valence-electron chi connectivity index (χ4n) is 10.5. The normalized spacial score (nSPS) is 52.3. The molecule has 0 aromatic carbocycles. The van der Waals surface area contributed by atoms with Crippen LogP contribution in [0.2, 0.25) is 0 Å². The molecule has 5 rings (SSSR count). The van der Waals surface area contributed by atoms with E-state index in [0.717, 1.165) is 30.6 Å². The number of aliphatic hydroxyl groups excluding tert-OH is 1. The third kappa shape index (κ3) is 3.30. The Hall–Kier alpha value is -0.120. The number of hydrogen-bond acceptors (Lipinski definition) is 3. The zero-order chi connectivity index (χ0) is 24.1. The molecular weight excluding hydrogens is 408 g/mol. The number of aliphatic hydroxyl groups is 1. The van der Waals surface area contributed by atoms with E-state index in [1.165, 1.54) is 51.4 Å². The molecule has 1 spiro atoms. The van der Waals surface area contributed by atoms with Crippen molar-refractivity contribution in [1.82, 2.24) is 0 Å². The summed E-state index contributed by atoms with van der Waals surface area (Å²) in [5.41, 5.74) is 1.39. The molecule has 1 N–H and O–H groups in total. The lowest BCUT2D eigenvalue weighted by molar-refractivity contribution is -0.172. The van der Waals surface area contributed by atoms with Crippen LogP contribution in [-0.4, -0.2) is 34.6 Å². The molecule has 0 aromatic rings. The first-order chi connectivity index (χ1) is 15.3. The van der Waals surface area contributed by atoms with E-state index in [2.05, 4.69) is 55.4 Å². The van der Waals surface area contributed by atoms with Gasteiger partial charge in [-0.05, 0) is 132 Å². The van der Waals surface area contributed by atoms with Gasteiger partial charge in [0.25, 0.3) is 0 Å². The Morgan fingerprint density at radius 1 is 0.879 bits per heavy atom. The van der Waals surface area contributed by atoms with Gasteiger partial charge in [0.1, 0.15) is 5.60 Å². The topological polar surface area (TPSA) is 45.3 Å². The van der Waals surface area contributed by atoms with Crippen molar-refractivity contribution in [3.63, 3.8) is 0 Å². The first-order valence-electron chi connectivity index (χ1n) is 14.3. The van der Waals surface area contributed by atoms with Gasteiger partial charge in [-0.2, -0.15) is 0 Å². The van der Waals surface area contributed by atoms with Crippen LogP contribution in [0.15, 0.2) is 0 Å². The predicted octanol–water partition coefficient (Wildman–Crippen LogP) is 7.15. The van der Waals surface area contributed by atoms with E-state index in [-0.39, 0.29) is 16.8 Å². The highest BCUT2D eigenvalue weighted by Gasteiger charge is 2.76. The molecule has 190 valence electrons. The average molecular weight is 461 g/mol. The molecule has 0 radical (unpaired) electrons. The highest BCUT2D eigenvalue weighted by Crippen LogP contribution is 2.77. The van der Waals surface area contributed by atoms with Gasteiger partial charge in [-0.3, -0.25) is 0 Å². The highest BCUT2D eigenvalue weighted by molar-refractivity contribution is 5.24. The maximum absolute atomic E-state index is 9.71. The van der Waals surface area contributed by atoms with E-state index in [4.69, 9.17) is 9.47 Å². The second kappa shape index (κ2) is 7.45. The van der Waals surface area contributed by atoms with Crippen LogP contribution in [0.1, 0.15) is 120 Å². The van der Waals surface area contributed by atoms with Gasteiger partial charge >= 0.3 is 0 Å².